The van der Waals surface area contributed by atoms with E-state index in [9.17, 15) is 22.8 Å². The van der Waals surface area contributed by atoms with Gasteiger partial charge in [-0.15, -0.1) is 0 Å². The molecule has 6 N–H and O–H groups in total. The highest BCUT2D eigenvalue weighted by molar-refractivity contribution is 7.92. The summed E-state index contributed by atoms with van der Waals surface area (Å²) in [5, 5.41) is 2.31. The van der Waals surface area contributed by atoms with E-state index in [2.05, 4.69) is 20.9 Å². The summed E-state index contributed by atoms with van der Waals surface area (Å²) in [6.07, 6.45) is 0.299. The number of nitrogens with two attached hydrogens (primary N) is 1. The molecular formula is C21H27N5O6S. The van der Waals surface area contributed by atoms with Crippen LogP contribution in [0, 0.1) is 5.92 Å². The molecule has 12 heteroatoms. The lowest BCUT2D eigenvalue weighted by atomic mass is 10.0. The van der Waals surface area contributed by atoms with Gasteiger partial charge in [0.05, 0.1) is 17.7 Å². The van der Waals surface area contributed by atoms with E-state index in [0.717, 1.165) is 6.07 Å². The summed E-state index contributed by atoms with van der Waals surface area (Å²) in [5.74, 6) is -1.02. The molecule has 0 aliphatic carbocycles. The lowest BCUT2D eigenvalue weighted by Gasteiger charge is -2.19. The summed E-state index contributed by atoms with van der Waals surface area (Å²) in [5.41, 5.74) is 9.74. The first-order valence-corrected chi connectivity index (χ1v) is 11.4. The maximum Gasteiger partial charge on any atom is 0.312 e. The van der Waals surface area contributed by atoms with E-state index in [0.29, 0.717) is 12.2 Å². The van der Waals surface area contributed by atoms with Gasteiger partial charge in [0.2, 0.25) is 0 Å². The third-order valence-electron chi connectivity index (χ3n) is 4.40. The number of primary amides is 1. The van der Waals surface area contributed by atoms with Gasteiger partial charge in [0.1, 0.15) is 11.8 Å². The standard InChI is InChI=1S/C21H27N5O6S/c1-13(2)11-17(23-21(22)29)20(28)25-24-19(27)14-7-6-8-15(12-14)33(30,31)26-16-9-4-5-10-18(16)32-3/h4-10,12-13,17,26H,11H2,1-3H3,(H,24,27)(H,25,28)(H3,22,23,29)/t17-/m1/s1. The molecule has 0 heterocycles. The molecular weight excluding hydrogens is 450 g/mol. The van der Waals surface area contributed by atoms with E-state index < -0.39 is 33.9 Å². The number of sulfonamides is 1. The van der Waals surface area contributed by atoms with E-state index >= 15 is 0 Å². The normalized spacial score (nSPS) is 11.9. The average Bonchev–Trinajstić information content (AvgIpc) is 2.76. The van der Waals surface area contributed by atoms with Crippen molar-refractivity contribution in [1.82, 2.24) is 16.2 Å². The zero-order valence-electron chi connectivity index (χ0n) is 18.4. The van der Waals surface area contributed by atoms with Gasteiger partial charge in [-0.25, -0.2) is 13.2 Å². The monoisotopic (exact) mass is 477 g/mol. The second kappa shape index (κ2) is 11.2. The largest absolute Gasteiger partial charge is 0.495 e. The number of amides is 4. The molecule has 0 aromatic heterocycles. The third-order valence-corrected chi connectivity index (χ3v) is 5.76. The van der Waals surface area contributed by atoms with Crippen molar-refractivity contribution in [3.63, 3.8) is 0 Å². The van der Waals surface area contributed by atoms with Gasteiger partial charge in [0.25, 0.3) is 21.8 Å². The molecule has 0 saturated heterocycles. The van der Waals surface area contributed by atoms with Crippen molar-refractivity contribution >= 4 is 33.6 Å². The van der Waals surface area contributed by atoms with Crippen molar-refractivity contribution in [2.75, 3.05) is 11.8 Å². The number of para-hydroxylation sites is 2. The van der Waals surface area contributed by atoms with Gasteiger partial charge in [-0.05, 0) is 42.7 Å². The van der Waals surface area contributed by atoms with Crippen molar-refractivity contribution in [1.29, 1.82) is 0 Å². The van der Waals surface area contributed by atoms with Crippen LogP contribution in [0.25, 0.3) is 0 Å². The molecule has 11 nitrogen and oxygen atoms in total. The van der Waals surface area contributed by atoms with Crippen LogP contribution in [0.1, 0.15) is 30.6 Å². The van der Waals surface area contributed by atoms with Crippen LogP contribution in [0.3, 0.4) is 0 Å². The number of carbonyl (C=O) groups excluding carboxylic acids is 3. The van der Waals surface area contributed by atoms with Crippen LogP contribution < -0.4 is 31.4 Å². The minimum atomic E-state index is -4.03. The number of methoxy groups -OCH3 is 1. The predicted molar refractivity (Wildman–Crippen MR) is 122 cm³/mol. The zero-order valence-corrected chi connectivity index (χ0v) is 19.2. The number of hydrogen-bond acceptors (Lipinski definition) is 6. The Balaban J connectivity index is 2.12. The number of hydrazine groups is 1. The van der Waals surface area contributed by atoms with Crippen LogP contribution in [-0.4, -0.2) is 39.4 Å². The fraction of sp³-hybridized carbons (Fsp3) is 0.286. The lowest BCUT2D eigenvalue weighted by molar-refractivity contribution is -0.124. The van der Waals surface area contributed by atoms with Gasteiger partial charge in [-0.1, -0.05) is 32.0 Å². The SMILES string of the molecule is COc1ccccc1NS(=O)(=O)c1cccc(C(=O)NNC(=O)[C@@H](CC(C)C)NC(N)=O)c1. The average molecular weight is 478 g/mol. The smallest absolute Gasteiger partial charge is 0.312 e. The Bertz CT molecular complexity index is 1120. The van der Waals surface area contributed by atoms with Crippen molar-refractivity contribution in [2.24, 2.45) is 11.7 Å². The molecule has 0 bridgehead atoms. The maximum atomic E-state index is 12.8. The summed E-state index contributed by atoms with van der Waals surface area (Å²) in [4.78, 5) is 35.8. The molecule has 2 aromatic rings. The van der Waals surface area contributed by atoms with Crippen molar-refractivity contribution < 1.29 is 27.5 Å². The summed E-state index contributed by atoms with van der Waals surface area (Å²) >= 11 is 0. The first-order chi connectivity index (χ1) is 15.5. The molecule has 4 amide bonds. The van der Waals surface area contributed by atoms with E-state index in [-0.39, 0.29) is 22.1 Å². The van der Waals surface area contributed by atoms with Gasteiger partial charge in [-0.3, -0.25) is 25.2 Å². The van der Waals surface area contributed by atoms with E-state index in [1.54, 1.807) is 18.2 Å². The lowest BCUT2D eigenvalue weighted by Crippen LogP contribution is -2.53. The molecule has 2 aromatic carbocycles. The second-order valence-corrected chi connectivity index (χ2v) is 9.15. The van der Waals surface area contributed by atoms with E-state index in [4.69, 9.17) is 10.5 Å². The Morgan fingerprint density at radius 3 is 2.36 bits per heavy atom. The molecule has 0 aliphatic rings. The van der Waals surface area contributed by atoms with Crippen LogP contribution in [0.5, 0.6) is 5.75 Å². The number of rotatable bonds is 9. The number of anilines is 1. The highest BCUT2D eigenvalue weighted by Crippen LogP contribution is 2.26. The van der Waals surface area contributed by atoms with Crippen molar-refractivity contribution in [3.05, 3.63) is 54.1 Å². The van der Waals surface area contributed by atoms with E-state index in [1.807, 2.05) is 13.8 Å². The Morgan fingerprint density at radius 1 is 1.03 bits per heavy atom. The molecule has 0 radical (unpaired) electrons. The maximum absolute atomic E-state index is 12.8. The Kier molecular flexibility index (Phi) is 8.63. The minimum Gasteiger partial charge on any atom is -0.495 e. The zero-order chi connectivity index (χ0) is 24.6. The van der Waals surface area contributed by atoms with Gasteiger partial charge in [0, 0.05) is 5.56 Å². The van der Waals surface area contributed by atoms with Gasteiger partial charge in [-0.2, -0.15) is 0 Å². The molecule has 0 fully saturated rings. The van der Waals surface area contributed by atoms with Crippen LogP contribution in [-0.2, 0) is 14.8 Å². The molecule has 0 saturated carbocycles. The highest BCUT2D eigenvalue weighted by atomic mass is 32.2. The number of nitrogens with one attached hydrogen (secondary N) is 4. The van der Waals surface area contributed by atoms with Crippen LogP contribution in [0.15, 0.2) is 53.4 Å². The van der Waals surface area contributed by atoms with Crippen LogP contribution in [0.2, 0.25) is 0 Å². The number of ether oxygens (including phenoxy) is 1. The fourth-order valence-electron chi connectivity index (χ4n) is 2.89. The van der Waals surface area contributed by atoms with Crippen molar-refractivity contribution in [3.8, 4) is 5.75 Å². The molecule has 1 atom stereocenters. The molecule has 0 aliphatic heterocycles. The molecule has 178 valence electrons. The fourth-order valence-corrected chi connectivity index (χ4v) is 4.01. The summed E-state index contributed by atoms with van der Waals surface area (Å²) in [6.45, 7) is 3.71. The first-order valence-electron chi connectivity index (χ1n) is 9.95. The van der Waals surface area contributed by atoms with E-state index in [1.165, 1.54) is 31.4 Å². The second-order valence-electron chi connectivity index (χ2n) is 7.47. The summed E-state index contributed by atoms with van der Waals surface area (Å²) < 4.78 is 33.1. The third kappa shape index (κ3) is 7.38. The van der Waals surface area contributed by atoms with Crippen molar-refractivity contribution in [2.45, 2.75) is 31.2 Å². The van der Waals surface area contributed by atoms with Gasteiger partial charge in [0.15, 0.2) is 0 Å². The van der Waals surface area contributed by atoms with Gasteiger partial charge < -0.3 is 15.8 Å². The number of hydrogen-bond donors (Lipinski definition) is 5. The van der Waals surface area contributed by atoms with Gasteiger partial charge >= 0.3 is 6.03 Å². The van der Waals surface area contributed by atoms with Crippen LogP contribution >= 0.6 is 0 Å². The Hall–Kier alpha value is -3.80. The topological polar surface area (TPSA) is 169 Å². The molecule has 0 spiro atoms. The Morgan fingerprint density at radius 2 is 1.73 bits per heavy atom. The summed E-state index contributed by atoms with van der Waals surface area (Å²) in [7, 11) is -2.62. The first kappa shape index (κ1) is 25.5. The number of urea groups is 1. The molecule has 33 heavy (non-hydrogen) atoms. The number of benzene rings is 2. The minimum absolute atomic E-state index is 0.0125. The summed E-state index contributed by atoms with van der Waals surface area (Å²) in [6, 6.07) is 9.92. The highest BCUT2D eigenvalue weighted by Gasteiger charge is 2.22. The molecule has 2 rings (SSSR count). The van der Waals surface area contributed by atoms with Crippen LogP contribution in [0.4, 0.5) is 10.5 Å². The number of carbonyl (C=O) groups is 3. The Labute approximate surface area is 192 Å². The quantitative estimate of drug-likeness (QED) is 0.341. The molecule has 0 unspecified atom stereocenters. The predicted octanol–water partition coefficient (Wildman–Crippen LogP) is 1.34.